The van der Waals surface area contributed by atoms with Crippen molar-refractivity contribution in [2.75, 3.05) is 24.5 Å². The number of aliphatic hydroxyl groups excluding tert-OH is 1. The Kier molecular flexibility index (Phi) is 6.56. The van der Waals surface area contributed by atoms with Crippen molar-refractivity contribution in [1.82, 2.24) is 24.4 Å². The number of anilines is 1. The van der Waals surface area contributed by atoms with Crippen LogP contribution in [0.5, 0.6) is 0 Å². The predicted molar refractivity (Wildman–Crippen MR) is 126 cm³/mol. The Morgan fingerprint density at radius 1 is 1.19 bits per heavy atom. The molecule has 1 unspecified atom stereocenters. The maximum absolute atomic E-state index is 13.2. The fourth-order valence-electron chi connectivity index (χ4n) is 4.89. The zero-order chi connectivity index (χ0) is 25.4. The van der Waals surface area contributed by atoms with Gasteiger partial charge in [0.1, 0.15) is 6.33 Å². The summed E-state index contributed by atoms with van der Waals surface area (Å²) in [5.41, 5.74) is 6.34. The number of halogens is 3. The number of hydrogen-bond acceptors (Lipinski definition) is 7. The van der Waals surface area contributed by atoms with Crippen LogP contribution in [0.1, 0.15) is 30.4 Å². The first-order valence-corrected chi connectivity index (χ1v) is 12.0. The second kappa shape index (κ2) is 9.66. The number of imidazole rings is 1. The Hall–Kier alpha value is -3.25. The van der Waals surface area contributed by atoms with Crippen molar-refractivity contribution in [3.63, 3.8) is 0 Å². The highest BCUT2D eigenvalue weighted by molar-refractivity contribution is 5.83. The standard InChI is InChI=1S/C24H28F3N7O2/c25-24(26,27)17-3-1-2-15(8-17)9-34(18-4-5-18)23-21-22(29-13-30-23)33(14-31-21)10-16-6-7-32(11-19(16)35)12-20(28)36/h1-3,8,13-14,16,18-19,35H,4-7,9-12H2,(H2,28,36)/t16?,19-/m0/s1. The molecule has 1 aliphatic carbocycles. The van der Waals surface area contributed by atoms with Gasteiger partial charge in [0.25, 0.3) is 0 Å². The van der Waals surface area contributed by atoms with Gasteiger partial charge in [-0.1, -0.05) is 12.1 Å². The van der Waals surface area contributed by atoms with Gasteiger partial charge < -0.3 is 20.3 Å². The van der Waals surface area contributed by atoms with Crippen molar-refractivity contribution in [2.24, 2.45) is 11.7 Å². The maximum atomic E-state index is 13.2. The fourth-order valence-corrected chi connectivity index (χ4v) is 4.89. The summed E-state index contributed by atoms with van der Waals surface area (Å²) in [5.74, 6) is 0.126. The lowest BCUT2D eigenvalue weighted by Gasteiger charge is -2.35. The van der Waals surface area contributed by atoms with Gasteiger partial charge in [0.05, 0.1) is 24.5 Å². The van der Waals surface area contributed by atoms with Gasteiger partial charge in [-0.05, 0) is 43.5 Å². The Morgan fingerprint density at radius 2 is 2.00 bits per heavy atom. The molecule has 3 aromatic rings. The number of primary amides is 1. The first-order valence-electron chi connectivity index (χ1n) is 12.0. The van der Waals surface area contributed by atoms with Gasteiger partial charge in [-0.15, -0.1) is 0 Å². The Morgan fingerprint density at radius 3 is 2.69 bits per heavy atom. The van der Waals surface area contributed by atoms with Crippen LogP contribution in [0, 0.1) is 5.92 Å². The largest absolute Gasteiger partial charge is 0.416 e. The molecule has 5 rings (SSSR count). The van der Waals surface area contributed by atoms with Crippen LogP contribution in [0.15, 0.2) is 36.9 Å². The number of carbonyl (C=O) groups excluding carboxylic acids is 1. The minimum Gasteiger partial charge on any atom is -0.391 e. The number of nitrogens with zero attached hydrogens (tertiary/aromatic N) is 6. The second-order valence-electron chi connectivity index (χ2n) is 9.64. The number of alkyl halides is 3. The van der Waals surface area contributed by atoms with Gasteiger partial charge >= 0.3 is 6.18 Å². The number of rotatable bonds is 8. The zero-order valence-electron chi connectivity index (χ0n) is 19.6. The molecule has 0 bridgehead atoms. The van der Waals surface area contributed by atoms with Crippen LogP contribution in [0.25, 0.3) is 11.2 Å². The molecule has 1 amide bonds. The van der Waals surface area contributed by atoms with Crippen molar-refractivity contribution in [2.45, 2.75) is 50.7 Å². The van der Waals surface area contributed by atoms with Gasteiger partial charge in [0.15, 0.2) is 17.0 Å². The lowest BCUT2D eigenvalue weighted by Crippen LogP contribution is -2.47. The van der Waals surface area contributed by atoms with E-state index >= 15 is 0 Å². The lowest BCUT2D eigenvalue weighted by molar-refractivity contribution is -0.137. The quantitative estimate of drug-likeness (QED) is 0.485. The highest BCUT2D eigenvalue weighted by Crippen LogP contribution is 2.36. The molecule has 0 radical (unpaired) electrons. The molecular formula is C24H28F3N7O2. The van der Waals surface area contributed by atoms with Crippen LogP contribution in [0.3, 0.4) is 0 Å². The Balaban J connectivity index is 1.37. The van der Waals surface area contributed by atoms with E-state index in [0.29, 0.717) is 48.6 Å². The van der Waals surface area contributed by atoms with Gasteiger partial charge in [0.2, 0.25) is 5.91 Å². The summed E-state index contributed by atoms with van der Waals surface area (Å²) < 4.78 is 41.5. The maximum Gasteiger partial charge on any atom is 0.416 e. The number of nitrogens with two attached hydrogens (primary N) is 1. The van der Waals surface area contributed by atoms with Crippen LogP contribution >= 0.6 is 0 Å². The number of amides is 1. The van der Waals surface area contributed by atoms with Gasteiger partial charge in [-0.25, -0.2) is 15.0 Å². The van der Waals surface area contributed by atoms with Crippen LogP contribution in [0.4, 0.5) is 19.0 Å². The highest BCUT2D eigenvalue weighted by Gasteiger charge is 2.34. The summed E-state index contributed by atoms with van der Waals surface area (Å²) in [6, 6.07) is 5.54. The average Bonchev–Trinajstić information content (AvgIpc) is 3.59. The highest BCUT2D eigenvalue weighted by atomic mass is 19.4. The normalized spacial score (nSPS) is 21.1. The molecule has 1 saturated heterocycles. The molecule has 3 N–H and O–H groups in total. The lowest BCUT2D eigenvalue weighted by atomic mass is 9.93. The molecule has 9 nitrogen and oxygen atoms in total. The minimum absolute atomic E-state index is 0.0467. The first kappa shape index (κ1) is 24.4. The van der Waals surface area contributed by atoms with Gasteiger partial charge in [-0.3, -0.25) is 9.69 Å². The van der Waals surface area contributed by atoms with E-state index in [0.717, 1.165) is 18.9 Å². The third-order valence-corrected chi connectivity index (χ3v) is 6.87. The summed E-state index contributed by atoms with van der Waals surface area (Å²) in [6.07, 6.45) is 0.644. The van der Waals surface area contributed by atoms with E-state index in [1.165, 1.54) is 18.5 Å². The predicted octanol–water partition coefficient (Wildman–Crippen LogP) is 2.18. The topological polar surface area (TPSA) is 113 Å². The number of benzene rings is 1. The summed E-state index contributed by atoms with van der Waals surface area (Å²) in [4.78, 5) is 28.5. The fraction of sp³-hybridized carbons (Fsp3) is 0.500. The van der Waals surface area contributed by atoms with E-state index in [1.807, 2.05) is 14.4 Å². The number of piperidine rings is 1. The number of likely N-dealkylation sites (tertiary alicyclic amines) is 1. The van der Waals surface area contributed by atoms with Crippen LogP contribution in [-0.2, 0) is 24.1 Å². The van der Waals surface area contributed by atoms with Crippen LogP contribution < -0.4 is 10.6 Å². The van der Waals surface area contributed by atoms with Crippen molar-refractivity contribution < 1.29 is 23.1 Å². The van der Waals surface area contributed by atoms with E-state index in [-0.39, 0.29) is 25.0 Å². The second-order valence-corrected chi connectivity index (χ2v) is 9.64. The molecule has 0 spiro atoms. The van der Waals surface area contributed by atoms with Crippen molar-refractivity contribution >= 4 is 22.9 Å². The van der Waals surface area contributed by atoms with Crippen LogP contribution in [0.2, 0.25) is 0 Å². The van der Waals surface area contributed by atoms with Crippen molar-refractivity contribution in [3.05, 3.63) is 48.0 Å². The molecule has 2 fully saturated rings. The zero-order valence-corrected chi connectivity index (χ0v) is 19.6. The van der Waals surface area contributed by atoms with Crippen molar-refractivity contribution in [1.29, 1.82) is 0 Å². The molecule has 2 atom stereocenters. The third-order valence-electron chi connectivity index (χ3n) is 6.87. The third kappa shape index (κ3) is 5.29. The van der Waals surface area contributed by atoms with Gasteiger partial charge in [-0.2, -0.15) is 13.2 Å². The smallest absolute Gasteiger partial charge is 0.391 e. The van der Waals surface area contributed by atoms with Crippen molar-refractivity contribution in [3.8, 4) is 0 Å². The van der Waals surface area contributed by atoms with E-state index in [2.05, 4.69) is 15.0 Å². The Bertz CT molecular complexity index is 1240. The molecule has 192 valence electrons. The molecule has 12 heteroatoms. The van der Waals surface area contributed by atoms with E-state index in [4.69, 9.17) is 5.73 Å². The van der Waals surface area contributed by atoms with E-state index < -0.39 is 23.8 Å². The number of carbonyl (C=O) groups is 1. The number of β-amino-alcohol motifs (C(OH)–C–C–N with tert-alkyl or cyclic N) is 1. The molecule has 36 heavy (non-hydrogen) atoms. The first-order chi connectivity index (χ1) is 17.2. The van der Waals surface area contributed by atoms with E-state index in [1.54, 1.807) is 12.4 Å². The Labute approximate surface area is 205 Å². The molecule has 2 aliphatic rings. The van der Waals surface area contributed by atoms with Crippen LogP contribution in [-0.4, -0.2) is 67.2 Å². The summed E-state index contributed by atoms with van der Waals surface area (Å²) >= 11 is 0. The summed E-state index contributed by atoms with van der Waals surface area (Å²) in [5, 5.41) is 10.6. The number of hydrogen-bond donors (Lipinski definition) is 2. The molecule has 1 aromatic carbocycles. The number of aliphatic hydroxyl groups is 1. The molecule has 3 heterocycles. The minimum atomic E-state index is -4.40. The van der Waals surface area contributed by atoms with E-state index in [9.17, 15) is 23.1 Å². The monoisotopic (exact) mass is 503 g/mol. The number of aromatic nitrogens is 4. The molecule has 1 saturated carbocycles. The molecule has 1 aliphatic heterocycles. The molecule has 2 aromatic heterocycles. The number of fused-ring (bicyclic) bond motifs is 1. The SMILES string of the molecule is NC(=O)CN1CCC(Cn2cnc3c(N(Cc4cccc(C(F)(F)F)c4)C4CC4)ncnc32)[C@@H](O)C1. The molecular weight excluding hydrogens is 475 g/mol. The summed E-state index contributed by atoms with van der Waals surface area (Å²) in [6.45, 7) is 1.92. The average molecular weight is 504 g/mol. The summed E-state index contributed by atoms with van der Waals surface area (Å²) in [7, 11) is 0. The van der Waals surface area contributed by atoms with Gasteiger partial charge in [0, 0.05) is 31.6 Å².